The maximum atomic E-state index is 12.1. The second-order valence-corrected chi connectivity index (χ2v) is 4.46. The lowest BCUT2D eigenvalue weighted by atomic mass is 10.0. The van der Waals surface area contributed by atoms with Gasteiger partial charge in [-0.2, -0.15) is 0 Å². The number of ether oxygens (including phenoxy) is 1. The number of carbonyl (C=O) groups is 2. The molecule has 1 saturated carbocycles. The zero-order valence-electron chi connectivity index (χ0n) is 10.5. The first-order valence-corrected chi connectivity index (χ1v) is 6.10. The van der Waals surface area contributed by atoms with Crippen LogP contribution in [0.2, 0.25) is 0 Å². The molecule has 0 aromatic rings. The maximum absolute atomic E-state index is 12.1. The fourth-order valence-corrected chi connectivity index (χ4v) is 2.31. The Kier molecular flexibility index (Phi) is 5.41. The second kappa shape index (κ2) is 6.59. The topological polar surface area (TPSA) is 66.8 Å². The Labute approximate surface area is 102 Å². The molecule has 0 bridgehead atoms. The van der Waals surface area contributed by atoms with Crippen molar-refractivity contribution >= 4 is 11.9 Å². The smallest absolute Gasteiger partial charge is 0.306 e. The maximum Gasteiger partial charge on any atom is 0.306 e. The number of nitrogens with zero attached hydrogens (tertiary/aromatic N) is 1. The van der Waals surface area contributed by atoms with Crippen molar-refractivity contribution in [3.05, 3.63) is 0 Å². The summed E-state index contributed by atoms with van der Waals surface area (Å²) in [5.41, 5.74) is 0. The van der Waals surface area contributed by atoms with Gasteiger partial charge in [0.15, 0.2) is 0 Å². The Morgan fingerprint density at radius 3 is 2.47 bits per heavy atom. The van der Waals surface area contributed by atoms with Crippen molar-refractivity contribution in [3.63, 3.8) is 0 Å². The summed E-state index contributed by atoms with van der Waals surface area (Å²) in [5, 5.41) is 8.91. The van der Waals surface area contributed by atoms with Crippen molar-refractivity contribution < 1.29 is 19.4 Å². The normalized spacial score (nSPS) is 23.6. The monoisotopic (exact) mass is 243 g/mol. The minimum absolute atomic E-state index is 0.0771. The summed E-state index contributed by atoms with van der Waals surface area (Å²) in [5.74, 6) is -1.16. The van der Waals surface area contributed by atoms with Gasteiger partial charge >= 0.3 is 5.97 Å². The predicted molar refractivity (Wildman–Crippen MR) is 62.6 cm³/mol. The molecule has 0 saturated heterocycles. The molecule has 0 heterocycles. The number of methoxy groups -OCH3 is 1. The van der Waals surface area contributed by atoms with Gasteiger partial charge < -0.3 is 14.7 Å². The fourth-order valence-electron chi connectivity index (χ4n) is 2.31. The Bertz CT molecular complexity index is 280. The lowest BCUT2D eigenvalue weighted by Gasteiger charge is -2.23. The molecule has 1 amide bonds. The first kappa shape index (κ1) is 14.0. The third-order valence-corrected chi connectivity index (χ3v) is 3.39. The van der Waals surface area contributed by atoms with E-state index in [4.69, 9.17) is 9.84 Å². The van der Waals surface area contributed by atoms with Crippen LogP contribution in [-0.2, 0) is 14.3 Å². The SMILES string of the molecule is CCN(CCOC)C(=O)[C@@H]1CC[C@H](C(=O)O)C1. The average molecular weight is 243 g/mol. The standard InChI is InChI=1S/C12H21NO4/c1-3-13(6-7-17-2)11(14)9-4-5-10(8-9)12(15)16/h9-10H,3-8H2,1-2H3,(H,15,16)/t9-,10+/m1/s1. The summed E-state index contributed by atoms with van der Waals surface area (Å²) in [6.07, 6.45) is 1.80. The van der Waals surface area contributed by atoms with Crippen molar-refractivity contribution in [1.29, 1.82) is 0 Å². The minimum atomic E-state index is -0.778. The zero-order valence-corrected chi connectivity index (χ0v) is 10.5. The van der Waals surface area contributed by atoms with Crippen molar-refractivity contribution in [2.75, 3.05) is 26.8 Å². The third-order valence-electron chi connectivity index (χ3n) is 3.39. The van der Waals surface area contributed by atoms with E-state index in [2.05, 4.69) is 0 Å². The second-order valence-electron chi connectivity index (χ2n) is 4.46. The number of rotatable bonds is 6. The Morgan fingerprint density at radius 2 is 2.00 bits per heavy atom. The lowest BCUT2D eigenvalue weighted by Crippen LogP contribution is -2.37. The number of carboxylic acid groups (broad SMARTS) is 1. The van der Waals surface area contributed by atoms with Gasteiger partial charge in [-0.1, -0.05) is 0 Å². The number of amides is 1. The summed E-state index contributed by atoms with van der Waals surface area (Å²) in [7, 11) is 1.61. The van der Waals surface area contributed by atoms with E-state index in [1.165, 1.54) is 0 Å². The summed E-state index contributed by atoms with van der Waals surface area (Å²) in [4.78, 5) is 24.7. The highest BCUT2D eigenvalue weighted by molar-refractivity contribution is 5.81. The molecule has 5 nitrogen and oxygen atoms in total. The van der Waals surface area contributed by atoms with Crippen molar-refractivity contribution in [1.82, 2.24) is 4.90 Å². The van der Waals surface area contributed by atoms with E-state index in [1.54, 1.807) is 12.0 Å². The molecule has 1 aliphatic rings. The van der Waals surface area contributed by atoms with Crippen LogP contribution in [0.15, 0.2) is 0 Å². The molecule has 1 rings (SSSR count). The van der Waals surface area contributed by atoms with E-state index >= 15 is 0 Å². The van der Waals surface area contributed by atoms with Crippen molar-refractivity contribution in [3.8, 4) is 0 Å². The number of hydrogen-bond acceptors (Lipinski definition) is 3. The number of likely N-dealkylation sites (N-methyl/N-ethyl adjacent to an activating group) is 1. The van der Waals surface area contributed by atoms with Gasteiger partial charge in [0.2, 0.25) is 5.91 Å². The average Bonchev–Trinajstić information content (AvgIpc) is 2.79. The molecule has 0 spiro atoms. The van der Waals surface area contributed by atoms with E-state index in [-0.39, 0.29) is 17.7 Å². The molecule has 0 aliphatic heterocycles. The zero-order chi connectivity index (χ0) is 12.8. The van der Waals surface area contributed by atoms with E-state index in [0.29, 0.717) is 39.0 Å². The molecule has 0 aromatic heterocycles. The molecular formula is C12H21NO4. The van der Waals surface area contributed by atoms with Gasteiger partial charge in [0.25, 0.3) is 0 Å². The fraction of sp³-hybridized carbons (Fsp3) is 0.833. The number of carboxylic acids is 1. The van der Waals surface area contributed by atoms with E-state index < -0.39 is 5.97 Å². The van der Waals surface area contributed by atoms with Gasteiger partial charge in [-0.05, 0) is 26.2 Å². The summed E-state index contributed by atoms with van der Waals surface area (Å²) in [6, 6.07) is 0. The van der Waals surface area contributed by atoms with Crippen LogP contribution in [-0.4, -0.2) is 48.7 Å². The van der Waals surface area contributed by atoms with Gasteiger partial charge in [-0.25, -0.2) is 0 Å². The van der Waals surface area contributed by atoms with Crippen molar-refractivity contribution in [2.45, 2.75) is 26.2 Å². The van der Waals surface area contributed by atoms with E-state index in [1.807, 2.05) is 6.92 Å². The third kappa shape index (κ3) is 3.70. The number of carbonyl (C=O) groups excluding carboxylic acids is 1. The molecule has 0 aromatic carbocycles. The molecule has 0 unspecified atom stereocenters. The lowest BCUT2D eigenvalue weighted by molar-refractivity contribution is -0.141. The highest BCUT2D eigenvalue weighted by Gasteiger charge is 2.35. The molecule has 1 fully saturated rings. The van der Waals surface area contributed by atoms with Gasteiger partial charge in [0.1, 0.15) is 0 Å². The molecule has 0 radical (unpaired) electrons. The summed E-state index contributed by atoms with van der Waals surface area (Å²) >= 11 is 0. The Hall–Kier alpha value is -1.10. The molecule has 2 atom stereocenters. The quantitative estimate of drug-likeness (QED) is 0.755. The molecule has 5 heteroatoms. The van der Waals surface area contributed by atoms with Crippen LogP contribution in [0.25, 0.3) is 0 Å². The van der Waals surface area contributed by atoms with Gasteiger partial charge in [-0.3, -0.25) is 9.59 Å². The number of aliphatic carboxylic acids is 1. The predicted octanol–water partition coefficient (Wildman–Crippen LogP) is 0.982. The van der Waals surface area contributed by atoms with Crippen LogP contribution in [0.5, 0.6) is 0 Å². The van der Waals surface area contributed by atoms with Crippen LogP contribution in [0.3, 0.4) is 0 Å². The van der Waals surface area contributed by atoms with Crippen LogP contribution in [0.4, 0.5) is 0 Å². The van der Waals surface area contributed by atoms with Gasteiger partial charge in [0.05, 0.1) is 12.5 Å². The van der Waals surface area contributed by atoms with Gasteiger partial charge in [-0.15, -0.1) is 0 Å². The van der Waals surface area contributed by atoms with Crippen LogP contribution < -0.4 is 0 Å². The van der Waals surface area contributed by atoms with E-state index in [0.717, 1.165) is 0 Å². The van der Waals surface area contributed by atoms with Crippen LogP contribution in [0.1, 0.15) is 26.2 Å². The highest BCUT2D eigenvalue weighted by atomic mass is 16.5. The highest BCUT2D eigenvalue weighted by Crippen LogP contribution is 2.32. The first-order chi connectivity index (χ1) is 8.10. The van der Waals surface area contributed by atoms with Crippen LogP contribution >= 0.6 is 0 Å². The van der Waals surface area contributed by atoms with Crippen LogP contribution in [0, 0.1) is 11.8 Å². The van der Waals surface area contributed by atoms with Crippen molar-refractivity contribution in [2.24, 2.45) is 11.8 Å². The Balaban J connectivity index is 2.49. The largest absolute Gasteiger partial charge is 0.481 e. The van der Waals surface area contributed by atoms with Gasteiger partial charge in [0, 0.05) is 26.1 Å². The summed E-state index contributed by atoms with van der Waals surface area (Å²) < 4.78 is 4.96. The first-order valence-electron chi connectivity index (χ1n) is 6.10. The molecule has 1 aliphatic carbocycles. The van der Waals surface area contributed by atoms with E-state index in [9.17, 15) is 9.59 Å². The molecule has 1 N–H and O–H groups in total. The Morgan fingerprint density at radius 1 is 1.35 bits per heavy atom. The molecule has 98 valence electrons. The number of hydrogen-bond donors (Lipinski definition) is 1. The summed E-state index contributed by atoms with van der Waals surface area (Å²) in [6.45, 7) is 3.68. The minimum Gasteiger partial charge on any atom is -0.481 e. The molecule has 17 heavy (non-hydrogen) atoms. The molecular weight excluding hydrogens is 222 g/mol.